The molecule has 2 rings (SSSR count). The third-order valence-electron chi connectivity index (χ3n) is 2.24. The van der Waals surface area contributed by atoms with E-state index in [2.05, 4.69) is 4.98 Å². The van der Waals surface area contributed by atoms with Crippen molar-refractivity contribution in [2.45, 2.75) is 20.5 Å². The Labute approximate surface area is 98.9 Å². The van der Waals surface area contributed by atoms with Crippen LogP contribution in [0, 0.1) is 13.8 Å². The van der Waals surface area contributed by atoms with Crippen molar-refractivity contribution in [3.05, 3.63) is 39.8 Å². The Morgan fingerprint density at radius 2 is 2.19 bits per heavy atom. The molecule has 4 heteroatoms. The molecule has 1 aromatic heterocycles. The molecule has 0 aliphatic carbocycles. The van der Waals surface area contributed by atoms with E-state index in [0.717, 1.165) is 26.9 Å². The van der Waals surface area contributed by atoms with E-state index >= 15 is 0 Å². The molecule has 2 aromatic rings. The van der Waals surface area contributed by atoms with Crippen LogP contribution in [0.2, 0.25) is 0 Å². The Balaban J connectivity index is 2.04. The van der Waals surface area contributed by atoms with E-state index in [1.807, 2.05) is 38.2 Å². The summed E-state index contributed by atoms with van der Waals surface area (Å²) in [4.78, 5) is 5.32. The molecule has 16 heavy (non-hydrogen) atoms. The number of nitrogen functional groups attached to an aromatic ring is 1. The minimum atomic E-state index is 0.566. The third-order valence-corrected chi connectivity index (χ3v) is 3.12. The van der Waals surface area contributed by atoms with Crippen LogP contribution in [0.25, 0.3) is 0 Å². The topological polar surface area (TPSA) is 48.1 Å². The highest BCUT2D eigenvalue weighted by Crippen LogP contribution is 2.22. The Morgan fingerprint density at radius 1 is 1.38 bits per heavy atom. The van der Waals surface area contributed by atoms with E-state index in [1.54, 1.807) is 11.3 Å². The quantitative estimate of drug-likeness (QED) is 0.831. The lowest BCUT2D eigenvalue weighted by Crippen LogP contribution is -1.96. The van der Waals surface area contributed by atoms with Crippen molar-refractivity contribution in [2.75, 3.05) is 5.73 Å². The van der Waals surface area contributed by atoms with Gasteiger partial charge in [-0.05, 0) is 37.6 Å². The Morgan fingerprint density at radius 3 is 2.81 bits per heavy atom. The SMILES string of the molecule is Cc1ncc(COc2ccc(N)cc2C)s1. The van der Waals surface area contributed by atoms with Crippen LogP contribution in [0.5, 0.6) is 5.75 Å². The Hall–Kier alpha value is -1.55. The van der Waals surface area contributed by atoms with E-state index < -0.39 is 0 Å². The van der Waals surface area contributed by atoms with Gasteiger partial charge in [0.1, 0.15) is 12.4 Å². The zero-order valence-electron chi connectivity index (χ0n) is 9.36. The third kappa shape index (κ3) is 2.52. The van der Waals surface area contributed by atoms with Gasteiger partial charge < -0.3 is 10.5 Å². The van der Waals surface area contributed by atoms with Crippen molar-refractivity contribution in [3.63, 3.8) is 0 Å². The van der Waals surface area contributed by atoms with E-state index in [4.69, 9.17) is 10.5 Å². The number of thiazole rings is 1. The smallest absolute Gasteiger partial charge is 0.124 e. The predicted molar refractivity (Wildman–Crippen MR) is 66.8 cm³/mol. The Bertz CT molecular complexity index is 494. The monoisotopic (exact) mass is 234 g/mol. The molecule has 0 radical (unpaired) electrons. The lowest BCUT2D eigenvalue weighted by Gasteiger charge is -2.08. The van der Waals surface area contributed by atoms with E-state index in [0.29, 0.717) is 6.61 Å². The molecule has 0 aliphatic heterocycles. The average Bonchev–Trinajstić information content (AvgIpc) is 2.63. The van der Waals surface area contributed by atoms with Crippen LogP contribution in [0.3, 0.4) is 0 Å². The van der Waals surface area contributed by atoms with Gasteiger partial charge in [-0.15, -0.1) is 11.3 Å². The summed E-state index contributed by atoms with van der Waals surface area (Å²) in [7, 11) is 0. The molecule has 0 saturated carbocycles. The van der Waals surface area contributed by atoms with Gasteiger partial charge in [0.05, 0.1) is 9.88 Å². The Kier molecular flexibility index (Phi) is 3.10. The van der Waals surface area contributed by atoms with Crippen LogP contribution in [0.15, 0.2) is 24.4 Å². The zero-order valence-corrected chi connectivity index (χ0v) is 10.2. The maximum absolute atomic E-state index is 5.71. The van der Waals surface area contributed by atoms with Crippen molar-refractivity contribution in [1.29, 1.82) is 0 Å². The van der Waals surface area contributed by atoms with Crippen molar-refractivity contribution in [2.24, 2.45) is 0 Å². The number of aryl methyl sites for hydroxylation is 2. The molecule has 0 atom stereocenters. The summed E-state index contributed by atoms with van der Waals surface area (Å²) in [5.41, 5.74) is 7.49. The second kappa shape index (κ2) is 4.53. The van der Waals surface area contributed by atoms with Gasteiger partial charge in [-0.1, -0.05) is 0 Å². The number of hydrogen-bond acceptors (Lipinski definition) is 4. The van der Waals surface area contributed by atoms with E-state index in [-0.39, 0.29) is 0 Å². The first-order chi connectivity index (χ1) is 7.65. The summed E-state index contributed by atoms with van der Waals surface area (Å²) in [5, 5.41) is 1.06. The van der Waals surface area contributed by atoms with Crippen LogP contribution >= 0.6 is 11.3 Å². The lowest BCUT2D eigenvalue weighted by molar-refractivity contribution is 0.307. The van der Waals surface area contributed by atoms with Crippen molar-refractivity contribution in [3.8, 4) is 5.75 Å². The summed E-state index contributed by atoms with van der Waals surface area (Å²) in [5.74, 6) is 0.875. The summed E-state index contributed by atoms with van der Waals surface area (Å²) >= 11 is 1.66. The van der Waals surface area contributed by atoms with Gasteiger partial charge in [0.15, 0.2) is 0 Å². The fourth-order valence-corrected chi connectivity index (χ4v) is 2.16. The van der Waals surface area contributed by atoms with Crippen LogP contribution in [0.1, 0.15) is 15.4 Å². The normalized spacial score (nSPS) is 10.4. The minimum absolute atomic E-state index is 0.566. The van der Waals surface area contributed by atoms with Crippen molar-refractivity contribution < 1.29 is 4.74 Å². The molecular weight excluding hydrogens is 220 g/mol. The standard InChI is InChI=1S/C12H14N2OS/c1-8-5-10(13)3-4-12(8)15-7-11-6-14-9(2)16-11/h3-6H,7,13H2,1-2H3. The molecule has 2 N–H and O–H groups in total. The maximum Gasteiger partial charge on any atom is 0.124 e. The minimum Gasteiger partial charge on any atom is -0.488 e. The van der Waals surface area contributed by atoms with Gasteiger partial charge in [-0.2, -0.15) is 0 Å². The molecule has 84 valence electrons. The van der Waals surface area contributed by atoms with Gasteiger partial charge in [-0.25, -0.2) is 4.98 Å². The lowest BCUT2D eigenvalue weighted by atomic mass is 10.2. The summed E-state index contributed by atoms with van der Waals surface area (Å²) in [6, 6.07) is 5.66. The fourth-order valence-electron chi connectivity index (χ4n) is 1.46. The van der Waals surface area contributed by atoms with E-state index in [9.17, 15) is 0 Å². The molecule has 0 unspecified atom stereocenters. The molecule has 0 saturated heterocycles. The molecule has 1 heterocycles. The van der Waals surface area contributed by atoms with Gasteiger partial charge in [0.25, 0.3) is 0 Å². The van der Waals surface area contributed by atoms with Gasteiger partial charge in [0, 0.05) is 11.9 Å². The highest BCUT2D eigenvalue weighted by molar-refractivity contribution is 7.11. The van der Waals surface area contributed by atoms with Crippen molar-refractivity contribution >= 4 is 17.0 Å². The summed E-state index contributed by atoms with van der Waals surface area (Å²) in [6.07, 6.45) is 1.85. The highest BCUT2D eigenvalue weighted by atomic mass is 32.1. The molecule has 0 amide bonds. The van der Waals surface area contributed by atoms with E-state index in [1.165, 1.54) is 0 Å². The molecule has 1 aromatic carbocycles. The van der Waals surface area contributed by atoms with Crippen LogP contribution in [-0.2, 0) is 6.61 Å². The number of benzene rings is 1. The van der Waals surface area contributed by atoms with Crippen molar-refractivity contribution in [1.82, 2.24) is 4.98 Å². The summed E-state index contributed by atoms with van der Waals surface area (Å²) in [6.45, 7) is 4.54. The fraction of sp³-hybridized carbons (Fsp3) is 0.250. The zero-order chi connectivity index (χ0) is 11.5. The second-order valence-electron chi connectivity index (χ2n) is 3.66. The highest BCUT2D eigenvalue weighted by Gasteiger charge is 2.02. The number of ether oxygens (including phenoxy) is 1. The predicted octanol–water partition coefficient (Wildman–Crippen LogP) is 2.92. The van der Waals surface area contributed by atoms with Crippen LogP contribution < -0.4 is 10.5 Å². The van der Waals surface area contributed by atoms with Crippen LogP contribution in [0.4, 0.5) is 5.69 Å². The average molecular weight is 234 g/mol. The van der Waals surface area contributed by atoms with Gasteiger partial charge >= 0.3 is 0 Å². The first-order valence-electron chi connectivity index (χ1n) is 5.05. The number of anilines is 1. The van der Waals surface area contributed by atoms with Gasteiger partial charge in [0.2, 0.25) is 0 Å². The number of aromatic nitrogens is 1. The molecule has 0 aliphatic rings. The van der Waals surface area contributed by atoms with Gasteiger partial charge in [-0.3, -0.25) is 0 Å². The largest absolute Gasteiger partial charge is 0.488 e. The first-order valence-corrected chi connectivity index (χ1v) is 5.87. The molecule has 0 fully saturated rings. The molecular formula is C12H14N2OS. The number of nitrogens with zero attached hydrogens (tertiary/aromatic N) is 1. The molecule has 0 bridgehead atoms. The number of rotatable bonds is 3. The number of hydrogen-bond donors (Lipinski definition) is 1. The second-order valence-corrected chi connectivity index (χ2v) is 4.98. The van der Waals surface area contributed by atoms with Crippen LogP contribution in [-0.4, -0.2) is 4.98 Å². The molecule has 0 spiro atoms. The first kappa shape index (κ1) is 11.0. The summed E-state index contributed by atoms with van der Waals surface area (Å²) < 4.78 is 5.71. The molecule has 3 nitrogen and oxygen atoms in total. The maximum atomic E-state index is 5.71. The number of nitrogens with two attached hydrogens (primary N) is 1.